The van der Waals surface area contributed by atoms with Gasteiger partial charge in [-0.25, -0.2) is 0 Å². The molecule has 0 radical (unpaired) electrons. The van der Waals surface area contributed by atoms with Gasteiger partial charge in [-0.05, 0) is 42.9 Å². The lowest BCUT2D eigenvalue weighted by Gasteiger charge is -2.34. The molecule has 2 atom stereocenters. The molecule has 0 unspecified atom stereocenters. The highest BCUT2D eigenvalue weighted by Gasteiger charge is 2.46. The summed E-state index contributed by atoms with van der Waals surface area (Å²) in [7, 11) is 0. The number of ether oxygens (including phenoxy) is 1. The zero-order valence-electron chi connectivity index (χ0n) is 13.5. The number of carbonyl (C=O) groups excluding carboxylic acids is 1. The number of carboxylic acid groups (broad SMARTS) is 1. The van der Waals surface area contributed by atoms with E-state index in [1.807, 2.05) is 12.1 Å². The van der Waals surface area contributed by atoms with Crippen molar-refractivity contribution >= 4 is 27.8 Å². The number of aliphatic carboxylic acids is 1. The van der Waals surface area contributed by atoms with Crippen molar-refractivity contribution in [3.05, 3.63) is 34.3 Å². The molecule has 1 aliphatic heterocycles. The van der Waals surface area contributed by atoms with Gasteiger partial charge in [0.1, 0.15) is 0 Å². The van der Waals surface area contributed by atoms with E-state index in [0.29, 0.717) is 19.8 Å². The molecule has 24 heavy (non-hydrogen) atoms. The molecule has 1 amide bonds. The van der Waals surface area contributed by atoms with Crippen LogP contribution >= 0.6 is 15.9 Å². The number of amides is 1. The fourth-order valence-electron chi connectivity index (χ4n) is 3.44. The molecule has 1 aromatic carbocycles. The van der Waals surface area contributed by atoms with Crippen LogP contribution < -0.4 is 0 Å². The molecule has 1 saturated heterocycles. The number of hydrogen-bond donors (Lipinski definition) is 1. The number of carbonyl (C=O) groups is 2. The first kappa shape index (κ1) is 17.4. The molecule has 0 bridgehead atoms. The predicted octanol–water partition coefficient (Wildman–Crippen LogP) is 3.03. The highest BCUT2D eigenvalue weighted by molar-refractivity contribution is 9.10. The normalized spacial score (nSPS) is 23.7. The Bertz CT molecular complexity index is 598. The summed E-state index contributed by atoms with van der Waals surface area (Å²) in [5, 5.41) is 8.99. The lowest BCUT2D eigenvalue weighted by molar-refractivity contribution is -0.141. The standard InChI is InChI=1S/C18H22BrNO4/c19-13-3-1-12(2-4-13)15-11-16(15)18(23)20(8-5-17(21)22)14-6-9-24-10-7-14/h1-4,14-16H,5-11H2,(H,21,22)/t15-,16-/m0/s1. The molecular formula is C18H22BrNO4. The van der Waals surface area contributed by atoms with Gasteiger partial charge in [0.05, 0.1) is 6.42 Å². The highest BCUT2D eigenvalue weighted by Crippen LogP contribution is 2.49. The third kappa shape index (κ3) is 4.16. The molecule has 3 rings (SSSR count). The Balaban J connectivity index is 1.66. The van der Waals surface area contributed by atoms with Crippen LogP contribution in [0.2, 0.25) is 0 Å². The lowest BCUT2D eigenvalue weighted by Crippen LogP contribution is -2.45. The Labute approximate surface area is 150 Å². The number of nitrogens with zero attached hydrogens (tertiary/aromatic N) is 1. The summed E-state index contributed by atoms with van der Waals surface area (Å²) < 4.78 is 6.40. The van der Waals surface area contributed by atoms with Crippen molar-refractivity contribution in [2.24, 2.45) is 5.92 Å². The third-order valence-electron chi connectivity index (χ3n) is 4.89. The number of benzene rings is 1. The molecule has 2 fully saturated rings. The maximum absolute atomic E-state index is 13.0. The van der Waals surface area contributed by atoms with Gasteiger partial charge in [-0.3, -0.25) is 9.59 Å². The molecule has 5 nitrogen and oxygen atoms in total. The van der Waals surface area contributed by atoms with Crippen molar-refractivity contribution in [2.45, 2.75) is 37.6 Å². The van der Waals surface area contributed by atoms with E-state index in [-0.39, 0.29) is 30.2 Å². The Morgan fingerprint density at radius 1 is 1.21 bits per heavy atom. The molecule has 1 aliphatic carbocycles. The van der Waals surface area contributed by atoms with Crippen molar-refractivity contribution in [2.75, 3.05) is 19.8 Å². The summed E-state index contributed by atoms with van der Waals surface area (Å²) in [5.74, 6) is -0.503. The molecule has 1 N–H and O–H groups in total. The van der Waals surface area contributed by atoms with Gasteiger partial charge >= 0.3 is 5.97 Å². The minimum absolute atomic E-state index is 0.00122. The molecule has 1 aromatic rings. The molecular weight excluding hydrogens is 374 g/mol. The van der Waals surface area contributed by atoms with E-state index in [9.17, 15) is 9.59 Å². The average molecular weight is 396 g/mol. The van der Waals surface area contributed by atoms with Crippen molar-refractivity contribution in [1.29, 1.82) is 0 Å². The number of carboxylic acids is 1. The number of hydrogen-bond acceptors (Lipinski definition) is 3. The van der Waals surface area contributed by atoms with Crippen molar-refractivity contribution < 1.29 is 19.4 Å². The smallest absolute Gasteiger partial charge is 0.305 e. The Hall–Kier alpha value is -1.40. The van der Waals surface area contributed by atoms with Gasteiger partial charge in [0.2, 0.25) is 5.91 Å². The van der Waals surface area contributed by atoms with Crippen LogP contribution in [-0.2, 0) is 14.3 Å². The second-order valence-corrected chi connectivity index (χ2v) is 7.43. The fraction of sp³-hybridized carbons (Fsp3) is 0.556. The summed E-state index contributed by atoms with van der Waals surface area (Å²) in [5.41, 5.74) is 1.18. The lowest BCUT2D eigenvalue weighted by atomic mass is 10.0. The maximum Gasteiger partial charge on any atom is 0.305 e. The monoisotopic (exact) mass is 395 g/mol. The molecule has 130 valence electrons. The molecule has 1 heterocycles. The summed E-state index contributed by atoms with van der Waals surface area (Å²) in [6.45, 7) is 1.58. The van der Waals surface area contributed by atoms with Gasteiger partial charge in [-0.1, -0.05) is 28.1 Å². The van der Waals surface area contributed by atoms with Crippen LogP contribution in [-0.4, -0.2) is 47.7 Å². The maximum atomic E-state index is 13.0. The summed E-state index contributed by atoms with van der Waals surface area (Å²) in [4.78, 5) is 25.7. The zero-order chi connectivity index (χ0) is 17.1. The Kier molecular flexibility index (Phi) is 5.56. The van der Waals surface area contributed by atoms with Gasteiger partial charge in [-0.2, -0.15) is 0 Å². The SMILES string of the molecule is O=C(O)CCN(C(=O)[C@H]1C[C@H]1c1ccc(Br)cc1)C1CCOCC1. The van der Waals surface area contributed by atoms with Crippen molar-refractivity contribution in [1.82, 2.24) is 4.90 Å². The molecule has 2 aliphatic rings. The number of halogens is 1. The molecule has 0 aromatic heterocycles. The summed E-state index contributed by atoms with van der Waals surface area (Å²) in [6.07, 6.45) is 2.44. The van der Waals surface area contributed by atoms with Crippen LogP contribution in [0.5, 0.6) is 0 Å². The largest absolute Gasteiger partial charge is 0.481 e. The summed E-state index contributed by atoms with van der Waals surface area (Å²) >= 11 is 3.43. The number of rotatable bonds is 6. The van der Waals surface area contributed by atoms with E-state index < -0.39 is 5.97 Å². The molecule has 6 heteroatoms. The van der Waals surface area contributed by atoms with E-state index in [4.69, 9.17) is 9.84 Å². The Morgan fingerprint density at radius 3 is 2.50 bits per heavy atom. The first-order valence-electron chi connectivity index (χ1n) is 8.41. The van der Waals surface area contributed by atoms with Gasteiger partial charge < -0.3 is 14.7 Å². The van der Waals surface area contributed by atoms with Gasteiger partial charge in [-0.15, -0.1) is 0 Å². The van der Waals surface area contributed by atoms with Crippen LogP contribution in [0.4, 0.5) is 0 Å². The molecule has 1 saturated carbocycles. The Morgan fingerprint density at radius 2 is 1.88 bits per heavy atom. The fourth-order valence-corrected chi connectivity index (χ4v) is 3.71. The predicted molar refractivity (Wildman–Crippen MR) is 92.8 cm³/mol. The zero-order valence-corrected chi connectivity index (χ0v) is 15.1. The van der Waals surface area contributed by atoms with Crippen LogP contribution in [0, 0.1) is 5.92 Å². The minimum atomic E-state index is -0.861. The molecule has 0 spiro atoms. The van der Waals surface area contributed by atoms with E-state index >= 15 is 0 Å². The quantitative estimate of drug-likeness (QED) is 0.803. The van der Waals surface area contributed by atoms with Crippen LogP contribution in [0.3, 0.4) is 0 Å². The van der Waals surface area contributed by atoms with Crippen LogP contribution in [0.25, 0.3) is 0 Å². The van der Waals surface area contributed by atoms with Crippen molar-refractivity contribution in [3.8, 4) is 0 Å². The average Bonchev–Trinajstić information content (AvgIpc) is 3.37. The van der Waals surface area contributed by atoms with E-state index in [1.165, 1.54) is 5.56 Å². The van der Waals surface area contributed by atoms with Crippen LogP contribution in [0.1, 0.15) is 37.2 Å². The minimum Gasteiger partial charge on any atom is -0.481 e. The van der Waals surface area contributed by atoms with Crippen LogP contribution in [0.15, 0.2) is 28.7 Å². The first-order chi connectivity index (χ1) is 11.6. The van der Waals surface area contributed by atoms with Gasteiger partial charge in [0.15, 0.2) is 0 Å². The second-order valence-electron chi connectivity index (χ2n) is 6.52. The van der Waals surface area contributed by atoms with E-state index in [1.54, 1.807) is 4.90 Å². The topological polar surface area (TPSA) is 66.8 Å². The highest BCUT2D eigenvalue weighted by atomic mass is 79.9. The third-order valence-corrected chi connectivity index (χ3v) is 5.42. The summed E-state index contributed by atoms with van der Waals surface area (Å²) in [6, 6.07) is 8.21. The van der Waals surface area contributed by atoms with E-state index in [2.05, 4.69) is 28.1 Å². The first-order valence-corrected chi connectivity index (χ1v) is 9.21. The van der Waals surface area contributed by atoms with Gasteiger partial charge in [0.25, 0.3) is 0 Å². The van der Waals surface area contributed by atoms with Gasteiger partial charge in [0, 0.05) is 36.2 Å². The van der Waals surface area contributed by atoms with Crippen molar-refractivity contribution in [3.63, 3.8) is 0 Å². The second kappa shape index (κ2) is 7.66. The van der Waals surface area contributed by atoms with E-state index in [0.717, 1.165) is 23.7 Å².